The number of carboxylic acids is 1. The second kappa shape index (κ2) is 7.18. The molecule has 1 aliphatic heterocycles. The van der Waals surface area contributed by atoms with Gasteiger partial charge in [-0.05, 0) is 57.6 Å². The summed E-state index contributed by atoms with van der Waals surface area (Å²) < 4.78 is 1.92. The SMILES string of the molecule is Cc1ccc(-n2nc(C(=O)N3CCCC3CC(=O)O)c3c2CCCC3)cc1. The molecule has 6 nitrogen and oxygen atoms in total. The topological polar surface area (TPSA) is 75.4 Å². The fraction of sp³-hybridized carbons (Fsp3) is 0.476. The zero-order valence-corrected chi connectivity index (χ0v) is 15.6. The number of carboxylic acid groups (broad SMARTS) is 1. The molecule has 1 fully saturated rings. The minimum absolute atomic E-state index is 0.00655. The molecule has 1 amide bonds. The van der Waals surface area contributed by atoms with Crippen molar-refractivity contribution in [3.63, 3.8) is 0 Å². The molecular weight excluding hydrogens is 342 g/mol. The summed E-state index contributed by atoms with van der Waals surface area (Å²) in [4.78, 5) is 26.1. The van der Waals surface area contributed by atoms with Gasteiger partial charge in [-0.25, -0.2) is 4.68 Å². The van der Waals surface area contributed by atoms with Crippen molar-refractivity contribution in [2.75, 3.05) is 6.54 Å². The van der Waals surface area contributed by atoms with Crippen LogP contribution in [0, 0.1) is 6.92 Å². The lowest BCUT2D eigenvalue weighted by Crippen LogP contribution is -2.37. The van der Waals surface area contributed by atoms with E-state index in [0.29, 0.717) is 12.2 Å². The van der Waals surface area contributed by atoms with Crippen LogP contribution in [0.25, 0.3) is 5.69 Å². The molecule has 1 N–H and O–H groups in total. The van der Waals surface area contributed by atoms with Crippen LogP contribution in [0.4, 0.5) is 0 Å². The fourth-order valence-corrected chi connectivity index (χ4v) is 4.32. The van der Waals surface area contributed by atoms with E-state index in [1.807, 2.05) is 23.7 Å². The van der Waals surface area contributed by atoms with Gasteiger partial charge in [0.2, 0.25) is 0 Å². The number of aryl methyl sites for hydroxylation is 1. The molecule has 142 valence electrons. The Bertz CT molecular complexity index is 870. The Labute approximate surface area is 158 Å². The quantitative estimate of drug-likeness (QED) is 0.901. The Hall–Kier alpha value is -2.63. The van der Waals surface area contributed by atoms with E-state index in [-0.39, 0.29) is 18.4 Å². The number of carbonyl (C=O) groups is 2. The van der Waals surface area contributed by atoms with Crippen molar-refractivity contribution >= 4 is 11.9 Å². The molecule has 1 saturated heterocycles. The number of aliphatic carboxylic acids is 1. The van der Waals surface area contributed by atoms with Crippen molar-refractivity contribution < 1.29 is 14.7 Å². The lowest BCUT2D eigenvalue weighted by Gasteiger charge is -2.23. The van der Waals surface area contributed by atoms with Gasteiger partial charge in [0.25, 0.3) is 5.91 Å². The summed E-state index contributed by atoms with van der Waals surface area (Å²) >= 11 is 0. The van der Waals surface area contributed by atoms with Gasteiger partial charge < -0.3 is 10.0 Å². The zero-order chi connectivity index (χ0) is 19.0. The monoisotopic (exact) mass is 367 g/mol. The van der Waals surface area contributed by atoms with Crippen LogP contribution in [-0.2, 0) is 17.6 Å². The Morgan fingerprint density at radius 3 is 2.63 bits per heavy atom. The Kier molecular flexibility index (Phi) is 4.72. The van der Waals surface area contributed by atoms with E-state index < -0.39 is 5.97 Å². The van der Waals surface area contributed by atoms with Crippen molar-refractivity contribution in [3.8, 4) is 5.69 Å². The van der Waals surface area contributed by atoms with Crippen LogP contribution in [0.15, 0.2) is 24.3 Å². The number of hydrogen-bond acceptors (Lipinski definition) is 3. The van der Waals surface area contributed by atoms with Crippen LogP contribution >= 0.6 is 0 Å². The standard InChI is InChI=1S/C21H25N3O3/c1-14-8-10-15(11-9-14)24-18-7-3-2-6-17(18)20(22-24)21(27)23-12-4-5-16(23)13-19(25)26/h8-11,16H,2-7,12-13H2,1H3,(H,25,26). The summed E-state index contributed by atoms with van der Waals surface area (Å²) in [6.45, 7) is 2.66. The maximum atomic E-state index is 13.3. The number of amides is 1. The average molecular weight is 367 g/mol. The lowest BCUT2D eigenvalue weighted by molar-refractivity contribution is -0.137. The summed E-state index contributed by atoms with van der Waals surface area (Å²) in [5.74, 6) is -0.963. The van der Waals surface area contributed by atoms with Gasteiger partial charge in [-0.1, -0.05) is 17.7 Å². The molecule has 0 radical (unpaired) electrons. The second-order valence-corrected chi connectivity index (χ2v) is 7.62. The van der Waals surface area contributed by atoms with Crippen LogP contribution < -0.4 is 0 Å². The van der Waals surface area contributed by atoms with Gasteiger partial charge >= 0.3 is 5.97 Å². The predicted molar refractivity (Wildman–Crippen MR) is 101 cm³/mol. The molecule has 4 rings (SSSR count). The van der Waals surface area contributed by atoms with Gasteiger partial charge in [-0.2, -0.15) is 5.10 Å². The molecule has 0 spiro atoms. The van der Waals surface area contributed by atoms with Gasteiger partial charge in [0.15, 0.2) is 5.69 Å². The number of nitrogens with zero attached hydrogens (tertiary/aromatic N) is 3. The number of carbonyl (C=O) groups excluding carboxylic acids is 1. The van der Waals surface area contributed by atoms with Crippen molar-refractivity contribution in [2.24, 2.45) is 0 Å². The molecule has 1 aromatic carbocycles. The molecule has 1 aromatic heterocycles. The summed E-state index contributed by atoms with van der Waals surface area (Å²) in [6.07, 6.45) is 5.55. The van der Waals surface area contributed by atoms with E-state index in [1.54, 1.807) is 4.90 Å². The molecule has 1 aliphatic carbocycles. The Morgan fingerprint density at radius 2 is 1.89 bits per heavy atom. The van der Waals surface area contributed by atoms with Gasteiger partial charge in [0.1, 0.15) is 0 Å². The van der Waals surface area contributed by atoms with Crippen molar-refractivity contribution in [1.29, 1.82) is 0 Å². The number of fused-ring (bicyclic) bond motifs is 1. The molecule has 2 heterocycles. The van der Waals surface area contributed by atoms with Crippen molar-refractivity contribution in [2.45, 2.75) is 57.9 Å². The summed E-state index contributed by atoms with van der Waals surface area (Å²) in [6, 6.07) is 7.95. The third kappa shape index (κ3) is 3.36. The van der Waals surface area contributed by atoms with Crippen LogP contribution in [0.5, 0.6) is 0 Å². The van der Waals surface area contributed by atoms with Crippen LogP contribution in [0.3, 0.4) is 0 Å². The molecule has 0 saturated carbocycles. The number of likely N-dealkylation sites (tertiary alicyclic amines) is 1. The van der Waals surface area contributed by atoms with E-state index >= 15 is 0 Å². The number of aromatic nitrogens is 2. The maximum absolute atomic E-state index is 13.3. The second-order valence-electron chi connectivity index (χ2n) is 7.62. The molecular formula is C21H25N3O3. The predicted octanol–water partition coefficient (Wildman–Crippen LogP) is 3.14. The highest BCUT2D eigenvalue weighted by Gasteiger charge is 2.35. The van der Waals surface area contributed by atoms with E-state index in [9.17, 15) is 9.59 Å². The summed E-state index contributed by atoms with van der Waals surface area (Å²) in [5.41, 5.74) is 4.85. The van der Waals surface area contributed by atoms with Crippen molar-refractivity contribution in [3.05, 3.63) is 46.8 Å². The minimum Gasteiger partial charge on any atom is -0.481 e. The Balaban J connectivity index is 1.71. The van der Waals surface area contributed by atoms with Crippen molar-refractivity contribution in [1.82, 2.24) is 14.7 Å². The van der Waals surface area contributed by atoms with Crippen LogP contribution in [0.1, 0.15) is 59.4 Å². The molecule has 6 heteroatoms. The average Bonchev–Trinajstić information content (AvgIpc) is 3.26. The van der Waals surface area contributed by atoms with Gasteiger partial charge in [0.05, 0.1) is 12.1 Å². The van der Waals surface area contributed by atoms with E-state index in [2.05, 4.69) is 12.1 Å². The van der Waals surface area contributed by atoms with Crippen LogP contribution in [-0.4, -0.2) is 44.3 Å². The first-order valence-corrected chi connectivity index (χ1v) is 9.75. The number of hydrogen-bond donors (Lipinski definition) is 1. The maximum Gasteiger partial charge on any atom is 0.305 e. The first-order chi connectivity index (χ1) is 13.0. The molecule has 27 heavy (non-hydrogen) atoms. The lowest BCUT2D eigenvalue weighted by atomic mass is 9.95. The first-order valence-electron chi connectivity index (χ1n) is 9.75. The van der Waals surface area contributed by atoms with E-state index in [1.165, 1.54) is 5.56 Å². The van der Waals surface area contributed by atoms with E-state index in [4.69, 9.17) is 10.2 Å². The Morgan fingerprint density at radius 1 is 1.15 bits per heavy atom. The number of rotatable bonds is 4. The third-order valence-electron chi connectivity index (χ3n) is 5.71. The third-order valence-corrected chi connectivity index (χ3v) is 5.71. The van der Waals surface area contributed by atoms with Crippen LogP contribution in [0.2, 0.25) is 0 Å². The normalized spacial score (nSPS) is 19.1. The molecule has 0 bridgehead atoms. The van der Waals surface area contributed by atoms with E-state index in [0.717, 1.165) is 55.5 Å². The van der Waals surface area contributed by atoms with Gasteiger partial charge in [-0.15, -0.1) is 0 Å². The summed E-state index contributed by atoms with van der Waals surface area (Å²) in [5, 5.41) is 13.9. The van der Waals surface area contributed by atoms with Gasteiger partial charge in [0, 0.05) is 23.8 Å². The highest BCUT2D eigenvalue weighted by Crippen LogP contribution is 2.30. The summed E-state index contributed by atoms with van der Waals surface area (Å²) in [7, 11) is 0. The highest BCUT2D eigenvalue weighted by molar-refractivity contribution is 5.95. The zero-order valence-electron chi connectivity index (χ0n) is 15.6. The largest absolute Gasteiger partial charge is 0.481 e. The molecule has 1 atom stereocenters. The molecule has 2 aromatic rings. The molecule has 2 aliphatic rings. The first kappa shape index (κ1) is 17.8. The molecule has 1 unspecified atom stereocenters. The highest BCUT2D eigenvalue weighted by atomic mass is 16.4. The van der Waals surface area contributed by atoms with Gasteiger partial charge in [-0.3, -0.25) is 9.59 Å². The fourth-order valence-electron chi connectivity index (χ4n) is 4.32. The number of benzene rings is 1. The smallest absolute Gasteiger partial charge is 0.305 e. The minimum atomic E-state index is -0.855.